The molecule has 1 nitrogen and oxygen atoms in total. The largest absolute Gasteiger partial charge is 0.324 e. The van der Waals surface area contributed by atoms with Crippen LogP contribution >= 0.6 is 24.0 Å². The molecule has 0 aromatic heterocycles. The quantitative estimate of drug-likeness (QED) is 0.862. The summed E-state index contributed by atoms with van der Waals surface area (Å²) >= 11 is 5.69. The van der Waals surface area contributed by atoms with Crippen LogP contribution in [0.3, 0.4) is 0 Å². The average Bonchev–Trinajstić information content (AvgIpc) is 2.18. The van der Waals surface area contributed by atoms with E-state index in [0.29, 0.717) is 11.5 Å². The van der Waals surface area contributed by atoms with Crippen LogP contribution in [0, 0.1) is 11.7 Å². The van der Waals surface area contributed by atoms with Crippen molar-refractivity contribution in [3.05, 3.63) is 34.6 Å². The molecule has 1 atom stereocenters. The summed E-state index contributed by atoms with van der Waals surface area (Å²) < 4.78 is 13.6. The highest BCUT2D eigenvalue weighted by Gasteiger charge is 2.13. The minimum absolute atomic E-state index is 0. The second kappa shape index (κ2) is 7.10. The van der Waals surface area contributed by atoms with Crippen molar-refractivity contribution in [1.82, 2.24) is 0 Å². The fourth-order valence-corrected chi connectivity index (χ4v) is 1.66. The number of halogens is 3. The number of hydrogen-bond donors (Lipinski definition) is 1. The fourth-order valence-electron chi connectivity index (χ4n) is 1.48. The third kappa shape index (κ3) is 4.28. The molecular formula is C12H18Cl2FN. The van der Waals surface area contributed by atoms with E-state index in [9.17, 15) is 4.39 Å². The van der Waals surface area contributed by atoms with Gasteiger partial charge in [-0.05, 0) is 24.8 Å². The van der Waals surface area contributed by atoms with E-state index in [2.05, 4.69) is 13.8 Å². The van der Waals surface area contributed by atoms with E-state index in [-0.39, 0.29) is 29.3 Å². The van der Waals surface area contributed by atoms with E-state index in [1.807, 2.05) is 0 Å². The average molecular weight is 266 g/mol. The first kappa shape index (κ1) is 15.7. The van der Waals surface area contributed by atoms with E-state index < -0.39 is 0 Å². The normalized spacial score (nSPS) is 12.4. The number of benzene rings is 1. The van der Waals surface area contributed by atoms with E-state index in [4.69, 9.17) is 17.3 Å². The van der Waals surface area contributed by atoms with Gasteiger partial charge < -0.3 is 5.73 Å². The second-order valence-electron chi connectivity index (χ2n) is 4.22. The Hall–Kier alpha value is -0.310. The van der Waals surface area contributed by atoms with Crippen LogP contribution in [0.2, 0.25) is 5.02 Å². The zero-order valence-electron chi connectivity index (χ0n) is 9.54. The summed E-state index contributed by atoms with van der Waals surface area (Å²) in [5.41, 5.74) is 6.43. The molecule has 2 N–H and O–H groups in total. The molecular weight excluding hydrogens is 248 g/mol. The summed E-state index contributed by atoms with van der Waals surface area (Å²) in [6, 6.07) is 4.71. The molecule has 0 saturated heterocycles. The lowest BCUT2D eigenvalue weighted by Gasteiger charge is -2.14. The van der Waals surface area contributed by atoms with Crippen molar-refractivity contribution in [2.45, 2.75) is 32.7 Å². The predicted molar refractivity (Wildman–Crippen MR) is 69.7 cm³/mol. The van der Waals surface area contributed by atoms with Crippen LogP contribution in [0.5, 0.6) is 0 Å². The first-order valence-electron chi connectivity index (χ1n) is 5.22. The molecule has 0 bridgehead atoms. The summed E-state index contributed by atoms with van der Waals surface area (Å²) in [6.45, 7) is 4.25. The lowest BCUT2D eigenvalue weighted by atomic mass is 9.98. The standard InChI is InChI=1S/C12H17ClFN.ClH/c1-8(2)6-7-11(15)9-4-3-5-10(13)12(9)14;/h3-5,8,11H,6-7,15H2,1-2H3;1H/t11-;/m0./s1. The van der Waals surface area contributed by atoms with Gasteiger partial charge in [0.1, 0.15) is 5.82 Å². The number of nitrogens with two attached hydrogens (primary N) is 1. The topological polar surface area (TPSA) is 26.0 Å². The third-order valence-corrected chi connectivity index (χ3v) is 2.73. The molecule has 92 valence electrons. The Morgan fingerprint density at radius 3 is 2.50 bits per heavy atom. The van der Waals surface area contributed by atoms with E-state index in [1.54, 1.807) is 12.1 Å². The predicted octanol–water partition coefficient (Wildman–Crippen LogP) is 4.34. The zero-order valence-corrected chi connectivity index (χ0v) is 11.1. The van der Waals surface area contributed by atoms with Gasteiger partial charge in [-0.15, -0.1) is 12.4 Å². The minimum atomic E-state index is -0.379. The molecule has 0 radical (unpaired) electrons. The molecule has 0 aliphatic carbocycles. The van der Waals surface area contributed by atoms with Gasteiger partial charge in [0, 0.05) is 11.6 Å². The van der Waals surface area contributed by atoms with Gasteiger partial charge in [-0.3, -0.25) is 0 Å². The fraction of sp³-hybridized carbons (Fsp3) is 0.500. The maximum atomic E-state index is 13.6. The number of hydrogen-bond acceptors (Lipinski definition) is 1. The summed E-state index contributed by atoms with van der Waals surface area (Å²) in [5, 5.41) is 0.146. The van der Waals surface area contributed by atoms with E-state index >= 15 is 0 Å². The molecule has 0 heterocycles. The molecule has 1 rings (SSSR count). The van der Waals surface area contributed by atoms with Crippen LogP contribution in [0.1, 0.15) is 38.3 Å². The Balaban J connectivity index is 0.00000225. The highest BCUT2D eigenvalue weighted by molar-refractivity contribution is 6.30. The van der Waals surface area contributed by atoms with Crippen LogP contribution in [-0.2, 0) is 0 Å². The van der Waals surface area contributed by atoms with Crippen LogP contribution in [0.15, 0.2) is 18.2 Å². The SMILES string of the molecule is CC(C)CC[C@H](N)c1cccc(Cl)c1F.Cl. The van der Waals surface area contributed by atoms with Gasteiger partial charge in [-0.2, -0.15) is 0 Å². The summed E-state index contributed by atoms with van der Waals surface area (Å²) in [5.74, 6) is 0.203. The van der Waals surface area contributed by atoms with Crippen molar-refractivity contribution in [2.24, 2.45) is 11.7 Å². The third-order valence-electron chi connectivity index (χ3n) is 2.44. The second-order valence-corrected chi connectivity index (χ2v) is 4.63. The Kier molecular flexibility index (Phi) is 6.96. The highest BCUT2D eigenvalue weighted by atomic mass is 35.5. The lowest BCUT2D eigenvalue weighted by Crippen LogP contribution is -2.13. The van der Waals surface area contributed by atoms with Gasteiger partial charge in [0.05, 0.1) is 5.02 Å². The number of rotatable bonds is 4. The van der Waals surface area contributed by atoms with Gasteiger partial charge in [0.15, 0.2) is 0 Å². The van der Waals surface area contributed by atoms with Crippen molar-refractivity contribution in [3.63, 3.8) is 0 Å². The Labute approximate surface area is 108 Å². The minimum Gasteiger partial charge on any atom is -0.324 e. The molecule has 0 amide bonds. The summed E-state index contributed by atoms with van der Waals surface area (Å²) in [4.78, 5) is 0. The molecule has 0 aliphatic rings. The zero-order chi connectivity index (χ0) is 11.4. The van der Waals surface area contributed by atoms with Crippen LogP contribution in [0.25, 0.3) is 0 Å². The van der Waals surface area contributed by atoms with Crippen LogP contribution in [-0.4, -0.2) is 0 Å². The monoisotopic (exact) mass is 265 g/mol. The van der Waals surface area contributed by atoms with Crippen molar-refractivity contribution in [3.8, 4) is 0 Å². The summed E-state index contributed by atoms with van der Waals surface area (Å²) in [7, 11) is 0. The van der Waals surface area contributed by atoms with E-state index in [1.165, 1.54) is 6.07 Å². The Morgan fingerprint density at radius 2 is 1.94 bits per heavy atom. The molecule has 0 aliphatic heterocycles. The maximum absolute atomic E-state index is 13.6. The first-order chi connectivity index (χ1) is 7.02. The molecule has 4 heteroatoms. The van der Waals surface area contributed by atoms with Crippen molar-refractivity contribution in [2.75, 3.05) is 0 Å². The van der Waals surface area contributed by atoms with Crippen molar-refractivity contribution in [1.29, 1.82) is 0 Å². The smallest absolute Gasteiger partial charge is 0.146 e. The summed E-state index contributed by atoms with van der Waals surface area (Å²) in [6.07, 6.45) is 1.78. The first-order valence-corrected chi connectivity index (χ1v) is 5.59. The van der Waals surface area contributed by atoms with Gasteiger partial charge in [0.2, 0.25) is 0 Å². The molecule has 16 heavy (non-hydrogen) atoms. The molecule has 0 unspecified atom stereocenters. The van der Waals surface area contributed by atoms with Gasteiger partial charge >= 0.3 is 0 Å². The molecule has 1 aromatic rings. The van der Waals surface area contributed by atoms with Crippen LogP contribution < -0.4 is 5.73 Å². The molecule has 0 fully saturated rings. The highest BCUT2D eigenvalue weighted by Crippen LogP contribution is 2.25. The molecule has 0 spiro atoms. The Bertz CT molecular complexity index is 329. The van der Waals surface area contributed by atoms with Gasteiger partial charge in [-0.1, -0.05) is 37.6 Å². The van der Waals surface area contributed by atoms with E-state index in [0.717, 1.165) is 12.8 Å². The lowest BCUT2D eigenvalue weighted by molar-refractivity contribution is 0.491. The molecule has 1 aromatic carbocycles. The van der Waals surface area contributed by atoms with Gasteiger partial charge in [0.25, 0.3) is 0 Å². The van der Waals surface area contributed by atoms with Crippen molar-refractivity contribution < 1.29 is 4.39 Å². The molecule has 0 saturated carbocycles. The van der Waals surface area contributed by atoms with Crippen molar-refractivity contribution >= 4 is 24.0 Å². The Morgan fingerprint density at radius 1 is 1.31 bits per heavy atom. The van der Waals surface area contributed by atoms with Gasteiger partial charge in [-0.25, -0.2) is 4.39 Å². The maximum Gasteiger partial charge on any atom is 0.146 e. The van der Waals surface area contributed by atoms with Crippen LogP contribution in [0.4, 0.5) is 4.39 Å².